The second-order valence-electron chi connectivity index (χ2n) is 7.37. The fraction of sp³-hybridized carbons (Fsp3) is 0.217. The molecular formula is C23H23N5O2. The molecule has 0 aliphatic rings. The Morgan fingerprint density at radius 1 is 1.07 bits per heavy atom. The van der Waals surface area contributed by atoms with Crippen molar-refractivity contribution in [3.63, 3.8) is 0 Å². The molecule has 3 N–H and O–H groups in total. The van der Waals surface area contributed by atoms with E-state index in [9.17, 15) is 9.59 Å². The number of hydrogen-bond acceptors (Lipinski definition) is 5. The molecule has 0 saturated carbocycles. The lowest BCUT2D eigenvalue weighted by Gasteiger charge is -2.11. The number of nitrogens with one attached hydrogen (secondary N) is 1. The number of amides is 1. The standard InChI is InChI=1S/C23H23N5O2/c1-4-13(2)25-23(30)19-20-22(27-18-8-6-5-7-17(18)26-20)28(21(19)24)16-11-9-15(10-12-16)14(3)29/h5-13H,4,24H2,1-3H3,(H,25,30)/t13-/m0/s1. The molecule has 2 aromatic heterocycles. The van der Waals surface area contributed by atoms with E-state index in [0.29, 0.717) is 39.0 Å². The maximum Gasteiger partial charge on any atom is 0.257 e. The summed E-state index contributed by atoms with van der Waals surface area (Å²) < 4.78 is 1.71. The molecule has 0 spiro atoms. The van der Waals surface area contributed by atoms with Crippen LogP contribution in [0.25, 0.3) is 27.9 Å². The lowest BCUT2D eigenvalue weighted by molar-refractivity contribution is 0.0940. The van der Waals surface area contributed by atoms with Gasteiger partial charge in [0.15, 0.2) is 11.4 Å². The third-order valence-corrected chi connectivity index (χ3v) is 5.25. The third kappa shape index (κ3) is 3.28. The van der Waals surface area contributed by atoms with Gasteiger partial charge in [-0.1, -0.05) is 19.1 Å². The van der Waals surface area contributed by atoms with Gasteiger partial charge in [-0.15, -0.1) is 0 Å². The Bertz CT molecular complexity index is 1270. The average Bonchev–Trinajstić information content (AvgIpc) is 3.02. The number of fused-ring (bicyclic) bond motifs is 2. The fourth-order valence-corrected chi connectivity index (χ4v) is 3.39. The second kappa shape index (κ2) is 7.59. The van der Waals surface area contributed by atoms with Crippen molar-refractivity contribution >= 4 is 39.7 Å². The van der Waals surface area contributed by atoms with Crippen LogP contribution in [0.15, 0.2) is 48.5 Å². The second-order valence-corrected chi connectivity index (χ2v) is 7.37. The van der Waals surface area contributed by atoms with E-state index in [1.165, 1.54) is 6.92 Å². The molecule has 30 heavy (non-hydrogen) atoms. The Balaban J connectivity index is 1.99. The van der Waals surface area contributed by atoms with Crippen molar-refractivity contribution in [1.82, 2.24) is 19.9 Å². The lowest BCUT2D eigenvalue weighted by atomic mass is 10.1. The minimum Gasteiger partial charge on any atom is -0.384 e. The van der Waals surface area contributed by atoms with Crippen LogP contribution in [0.1, 0.15) is 47.9 Å². The predicted molar refractivity (Wildman–Crippen MR) is 118 cm³/mol. The number of nitrogens with zero attached hydrogens (tertiary/aromatic N) is 3. The van der Waals surface area contributed by atoms with Crippen molar-refractivity contribution in [2.24, 2.45) is 0 Å². The van der Waals surface area contributed by atoms with E-state index in [0.717, 1.165) is 6.42 Å². The van der Waals surface area contributed by atoms with Gasteiger partial charge in [-0.05, 0) is 56.7 Å². The van der Waals surface area contributed by atoms with Crippen LogP contribution < -0.4 is 11.1 Å². The molecule has 2 aromatic carbocycles. The van der Waals surface area contributed by atoms with Crippen molar-refractivity contribution < 1.29 is 9.59 Å². The zero-order chi connectivity index (χ0) is 21.4. The smallest absolute Gasteiger partial charge is 0.257 e. The van der Waals surface area contributed by atoms with Crippen molar-refractivity contribution in [1.29, 1.82) is 0 Å². The number of carbonyl (C=O) groups is 2. The van der Waals surface area contributed by atoms with Crippen LogP contribution in [0.5, 0.6) is 0 Å². The van der Waals surface area contributed by atoms with Crippen molar-refractivity contribution in [2.45, 2.75) is 33.2 Å². The lowest BCUT2D eigenvalue weighted by Crippen LogP contribution is -2.32. The van der Waals surface area contributed by atoms with E-state index < -0.39 is 0 Å². The minimum absolute atomic E-state index is 0.00133. The quantitative estimate of drug-likeness (QED) is 0.494. The molecule has 1 amide bonds. The van der Waals surface area contributed by atoms with E-state index in [-0.39, 0.29) is 23.6 Å². The van der Waals surface area contributed by atoms with Crippen molar-refractivity contribution in [3.8, 4) is 5.69 Å². The highest BCUT2D eigenvalue weighted by atomic mass is 16.1. The van der Waals surface area contributed by atoms with Gasteiger partial charge in [-0.25, -0.2) is 9.97 Å². The highest BCUT2D eigenvalue weighted by Crippen LogP contribution is 2.31. The van der Waals surface area contributed by atoms with Gasteiger partial charge in [0, 0.05) is 17.3 Å². The monoisotopic (exact) mass is 401 g/mol. The highest BCUT2D eigenvalue weighted by Gasteiger charge is 2.25. The zero-order valence-electron chi connectivity index (χ0n) is 17.1. The maximum absolute atomic E-state index is 13.1. The molecule has 4 aromatic rings. The van der Waals surface area contributed by atoms with E-state index in [4.69, 9.17) is 15.7 Å². The summed E-state index contributed by atoms with van der Waals surface area (Å²) in [4.78, 5) is 34.1. The van der Waals surface area contributed by atoms with Gasteiger partial charge in [-0.3, -0.25) is 14.2 Å². The predicted octanol–water partition coefficient (Wildman–Crippen LogP) is 3.89. The number of benzene rings is 2. The number of aromatic nitrogens is 3. The highest BCUT2D eigenvalue weighted by molar-refractivity contribution is 6.11. The van der Waals surface area contributed by atoms with Gasteiger partial charge in [0.05, 0.1) is 11.0 Å². The molecule has 0 aliphatic heterocycles. The first-order valence-corrected chi connectivity index (χ1v) is 9.89. The van der Waals surface area contributed by atoms with Crippen LogP contribution in [0, 0.1) is 0 Å². The van der Waals surface area contributed by atoms with Gasteiger partial charge >= 0.3 is 0 Å². The Morgan fingerprint density at radius 2 is 1.70 bits per heavy atom. The topological polar surface area (TPSA) is 103 Å². The number of anilines is 1. The first-order valence-electron chi connectivity index (χ1n) is 9.89. The summed E-state index contributed by atoms with van der Waals surface area (Å²) >= 11 is 0. The molecule has 7 nitrogen and oxygen atoms in total. The van der Waals surface area contributed by atoms with E-state index >= 15 is 0 Å². The molecule has 0 radical (unpaired) electrons. The first-order chi connectivity index (χ1) is 14.4. The van der Waals surface area contributed by atoms with E-state index in [1.54, 1.807) is 28.8 Å². The van der Waals surface area contributed by atoms with Crippen molar-refractivity contribution in [3.05, 3.63) is 59.7 Å². The molecule has 1 atom stereocenters. The molecule has 0 aliphatic carbocycles. The molecule has 0 unspecified atom stereocenters. The van der Waals surface area contributed by atoms with Crippen LogP contribution in [0.3, 0.4) is 0 Å². The summed E-state index contributed by atoms with van der Waals surface area (Å²) in [6.07, 6.45) is 0.797. The summed E-state index contributed by atoms with van der Waals surface area (Å²) in [5, 5.41) is 2.97. The number of nitrogen functional groups attached to an aromatic ring is 1. The molecule has 152 valence electrons. The van der Waals surface area contributed by atoms with Gasteiger partial charge in [0.1, 0.15) is 16.9 Å². The van der Waals surface area contributed by atoms with Gasteiger partial charge in [0.25, 0.3) is 5.91 Å². The Kier molecular flexibility index (Phi) is 4.95. The molecule has 4 rings (SSSR count). The summed E-state index contributed by atoms with van der Waals surface area (Å²) in [6.45, 7) is 5.46. The normalized spacial score (nSPS) is 12.2. The minimum atomic E-state index is -0.282. The summed E-state index contributed by atoms with van der Waals surface area (Å²) in [5.74, 6) is -0.0430. The molecule has 0 saturated heterocycles. The third-order valence-electron chi connectivity index (χ3n) is 5.25. The number of hydrogen-bond donors (Lipinski definition) is 2. The molecular weight excluding hydrogens is 378 g/mol. The number of para-hydroxylation sites is 2. The molecule has 0 bridgehead atoms. The number of nitrogens with two attached hydrogens (primary N) is 1. The Labute approximate surface area is 173 Å². The maximum atomic E-state index is 13.1. The Morgan fingerprint density at radius 3 is 2.30 bits per heavy atom. The summed E-state index contributed by atoms with van der Waals surface area (Å²) in [6, 6.07) is 14.5. The van der Waals surface area contributed by atoms with E-state index in [2.05, 4.69) is 5.32 Å². The van der Waals surface area contributed by atoms with Gasteiger partial charge < -0.3 is 11.1 Å². The largest absolute Gasteiger partial charge is 0.384 e. The number of carbonyl (C=O) groups excluding carboxylic acids is 2. The molecule has 2 heterocycles. The summed E-state index contributed by atoms with van der Waals surface area (Å²) in [7, 11) is 0. The van der Waals surface area contributed by atoms with Gasteiger partial charge in [-0.2, -0.15) is 0 Å². The molecule has 7 heteroatoms. The number of ketones is 1. The molecule has 0 fully saturated rings. The number of rotatable bonds is 5. The van der Waals surface area contributed by atoms with Crippen LogP contribution >= 0.6 is 0 Å². The first kappa shape index (κ1) is 19.6. The summed E-state index contributed by atoms with van der Waals surface area (Å²) in [5.41, 5.74) is 10.4. The zero-order valence-corrected chi connectivity index (χ0v) is 17.1. The SMILES string of the molecule is CC[C@H](C)NC(=O)c1c(N)n(-c2ccc(C(C)=O)cc2)c2nc3ccccc3nc12. The van der Waals surface area contributed by atoms with E-state index in [1.807, 2.05) is 38.1 Å². The van der Waals surface area contributed by atoms with Crippen LogP contribution in [-0.2, 0) is 0 Å². The number of Topliss-reactive ketones (excluding diaryl/α,β-unsaturated/α-hetero) is 1. The Hall–Kier alpha value is -3.74. The van der Waals surface area contributed by atoms with Crippen molar-refractivity contribution in [2.75, 3.05) is 5.73 Å². The van der Waals surface area contributed by atoms with Gasteiger partial charge in [0.2, 0.25) is 0 Å². The fourth-order valence-electron chi connectivity index (χ4n) is 3.39. The van der Waals surface area contributed by atoms with Crippen LogP contribution in [0.2, 0.25) is 0 Å². The van der Waals surface area contributed by atoms with Crippen LogP contribution in [-0.4, -0.2) is 32.3 Å². The average molecular weight is 401 g/mol. The van der Waals surface area contributed by atoms with Crippen LogP contribution in [0.4, 0.5) is 5.82 Å².